The number of sulfonamides is 1. The van der Waals surface area contributed by atoms with Crippen LogP contribution < -0.4 is 4.72 Å². The molecule has 1 unspecified atom stereocenters. The van der Waals surface area contributed by atoms with Gasteiger partial charge in [0, 0.05) is 0 Å². The van der Waals surface area contributed by atoms with Crippen LogP contribution in [0.5, 0.6) is 0 Å². The summed E-state index contributed by atoms with van der Waals surface area (Å²) >= 11 is 0. The lowest BCUT2D eigenvalue weighted by atomic mass is 9.85. The highest BCUT2D eigenvalue weighted by molar-refractivity contribution is 7.89. The molecule has 0 aromatic heterocycles. The Hall–Kier alpha value is -0.880. The SMILES string of the molecule is C=CCS(=O)(=O)NC(CC1CCCCC1)C(=O)O. The maximum atomic E-state index is 11.5. The van der Waals surface area contributed by atoms with Gasteiger partial charge >= 0.3 is 5.97 Å². The average molecular weight is 275 g/mol. The Labute approximate surface area is 108 Å². The third kappa shape index (κ3) is 5.18. The van der Waals surface area contributed by atoms with Gasteiger partial charge in [-0.3, -0.25) is 4.79 Å². The van der Waals surface area contributed by atoms with Gasteiger partial charge in [-0.15, -0.1) is 6.58 Å². The fourth-order valence-electron chi connectivity index (χ4n) is 2.38. The van der Waals surface area contributed by atoms with Crippen molar-refractivity contribution in [3.8, 4) is 0 Å². The van der Waals surface area contributed by atoms with Crippen molar-refractivity contribution in [3.63, 3.8) is 0 Å². The van der Waals surface area contributed by atoms with Crippen LogP contribution in [-0.4, -0.2) is 31.3 Å². The minimum Gasteiger partial charge on any atom is -0.480 e. The quantitative estimate of drug-likeness (QED) is 0.690. The highest BCUT2D eigenvalue weighted by atomic mass is 32.2. The third-order valence-electron chi connectivity index (χ3n) is 3.25. The molecule has 0 bridgehead atoms. The lowest BCUT2D eigenvalue weighted by molar-refractivity contribution is -0.139. The van der Waals surface area contributed by atoms with E-state index in [9.17, 15) is 13.2 Å². The number of aliphatic carboxylic acids is 1. The molecule has 6 heteroatoms. The van der Waals surface area contributed by atoms with Crippen LogP contribution >= 0.6 is 0 Å². The molecule has 1 atom stereocenters. The normalized spacial score (nSPS) is 19.3. The van der Waals surface area contributed by atoms with Crippen molar-refractivity contribution in [3.05, 3.63) is 12.7 Å². The van der Waals surface area contributed by atoms with Crippen molar-refractivity contribution in [1.82, 2.24) is 4.72 Å². The molecule has 1 fully saturated rings. The van der Waals surface area contributed by atoms with Gasteiger partial charge in [0.15, 0.2) is 0 Å². The minimum atomic E-state index is -3.58. The van der Waals surface area contributed by atoms with Crippen LogP contribution in [0.15, 0.2) is 12.7 Å². The molecule has 0 amide bonds. The summed E-state index contributed by atoms with van der Waals surface area (Å²) in [5.41, 5.74) is 0. The molecule has 104 valence electrons. The number of nitrogens with one attached hydrogen (secondary N) is 1. The monoisotopic (exact) mass is 275 g/mol. The van der Waals surface area contributed by atoms with E-state index in [4.69, 9.17) is 5.11 Å². The molecule has 18 heavy (non-hydrogen) atoms. The largest absolute Gasteiger partial charge is 0.480 e. The molecule has 1 saturated carbocycles. The van der Waals surface area contributed by atoms with Gasteiger partial charge in [-0.25, -0.2) is 13.1 Å². The van der Waals surface area contributed by atoms with Gasteiger partial charge in [0.25, 0.3) is 0 Å². The van der Waals surface area contributed by atoms with Crippen LogP contribution in [0, 0.1) is 5.92 Å². The van der Waals surface area contributed by atoms with E-state index in [1.165, 1.54) is 12.5 Å². The first kappa shape index (κ1) is 15.2. The molecule has 0 aromatic carbocycles. The average Bonchev–Trinajstić information content (AvgIpc) is 2.29. The van der Waals surface area contributed by atoms with E-state index in [0.717, 1.165) is 25.7 Å². The molecule has 0 radical (unpaired) electrons. The highest BCUT2D eigenvalue weighted by Gasteiger charge is 2.27. The topological polar surface area (TPSA) is 83.5 Å². The molecule has 0 spiro atoms. The number of rotatable bonds is 7. The second-order valence-corrected chi connectivity index (χ2v) is 6.62. The summed E-state index contributed by atoms with van der Waals surface area (Å²) in [4.78, 5) is 11.1. The first-order chi connectivity index (χ1) is 8.44. The third-order valence-corrected chi connectivity index (χ3v) is 4.57. The smallest absolute Gasteiger partial charge is 0.321 e. The standard InChI is InChI=1S/C12H21NO4S/c1-2-8-18(16,17)13-11(12(14)15)9-10-6-4-3-5-7-10/h2,10-11,13H,1,3-9H2,(H,14,15). The van der Waals surface area contributed by atoms with Crippen molar-refractivity contribution in [2.24, 2.45) is 5.92 Å². The fourth-order valence-corrected chi connectivity index (χ4v) is 3.41. The number of carbonyl (C=O) groups is 1. The van der Waals surface area contributed by atoms with Crippen LogP contribution in [0.25, 0.3) is 0 Å². The predicted octanol–water partition coefficient (Wildman–Crippen LogP) is 1.52. The summed E-state index contributed by atoms with van der Waals surface area (Å²) < 4.78 is 25.3. The number of carboxylic acids is 1. The molecule has 1 rings (SSSR count). The Morgan fingerprint density at radius 2 is 2.00 bits per heavy atom. The Bertz CT molecular complexity index is 385. The van der Waals surface area contributed by atoms with E-state index in [0.29, 0.717) is 12.3 Å². The zero-order valence-corrected chi connectivity index (χ0v) is 11.3. The Morgan fingerprint density at radius 3 is 2.50 bits per heavy atom. The van der Waals surface area contributed by atoms with Crippen LogP contribution in [-0.2, 0) is 14.8 Å². The van der Waals surface area contributed by atoms with Crippen LogP contribution in [0.1, 0.15) is 38.5 Å². The molecule has 0 aromatic rings. The maximum absolute atomic E-state index is 11.5. The summed E-state index contributed by atoms with van der Waals surface area (Å²) in [5.74, 6) is -1.04. The van der Waals surface area contributed by atoms with E-state index in [1.54, 1.807) is 0 Å². The molecule has 0 heterocycles. The second kappa shape index (κ2) is 6.89. The lowest BCUT2D eigenvalue weighted by Crippen LogP contribution is -2.42. The zero-order chi connectivity index (χ0) is 13.6. The summed E-state index contributed by atoms with van der Waals surface area (Å²) in [6, 6.07) is -1.02. The second-order valence-electron chi connectivity index (χ2n) is 4.82. The maximum Gasteiger partial charge on any atom is 0.321 e. The van der Waals surface area contributed by atoms with Crippen molar-refractivity contribution < 1.29 is 18.3 Å². The molecular weight excluding hydrogens is 254 g/mol. The van der Waals surface area contributed by atoms with Gasteiger partial charge in [-0.1, -0.05) is 38.2 Å². The van der Waals surface area contributed by atoms with E-state index in [-0.39, 0.29) is 5.75 Å². The fraction of sp³-hybridized carbons (Fsp3) is 0.750. The number of hydrogen-bond donors (Lipinski definition) is 2. The zero-order valence-electron chi connectivity index (χ0n) is 10.5. The predicted molar refractivity (Wildman–Crippen MR) is 69.7 cm³/mol. The molecule has 1 aliphatic rings. The number of hydrogen-bond acceptors (Lipinski definition) is 3. The van der Waals surface area contributed by atoms with Crippen molar-refractivity contribution >= 4 is 16.0 Å². The van der Waals surface area contributed by atoms with Gasteiger partial charge in [0.1, 0.15) is 6.04 Å². The van der Waals surface area contributed by atoms with Gasteiger partial charge in [-0.2, -0.15) is 0 Å². The van der Waals surface area contributed by atoms with Gasteiger partial charge in [-0.05, 0) is 12.3 Å². The van der Waals surface area contributed by atoms with Crippen molar-refractivity contribution in [2.75, 3.05) is 5.75 Å². The van der Waals surface area contributed by atoms with Crippen molar-refractivity contribution in [1.29, 1.82) is 0 Å². The Kier molecular flexibility index (Phi) is 5.81. The van der Waals surface area contributed by atoms with Gasteiger partial charge in [0.2, 0.25) is 10.0 Å². The first-order valence-corrected chi connectivity index (χ1v) is 7.93. The van der Waals surface area contributed by atoms with E-state index in [1.807, 2.05) is 0 Å². The van der Waals surface area contributed by atoms with Gasteiger partial charge < -0.3 is 5.11 Å². The summed E-state index contributed by atoms with van der Waals surface area (Å²) in [7, 11) is -3.58. The number of carboxylic acid groups (broad SMARTS) is 1. The minimum absolute atomic E-state index is 0.249. The van der Waals surface area contributed by atoms with Crippen LogP contribution in [0.4, 0.5) is 0 Å². The summed E-state index contributed by atoms with van der Waals surface area (Å²) in [5, 5.41) is 9.08. The molecule has 1 aliphatic carbocycles. The first-order valence-electron chi connectivity index (χ1n) is 6.28. The van der Waals surface area contributed by atoms with Crippen molar-refractivity contribution in [2.45, 2.75) is 44.6 Å². The highest BCUT2D eigenvalue weighted by Crippen LogP contribution is 2.27. The molecule has 2 N–H and O–H groups in total. The molecule has 5 nitrogen and oxygen atoms in total. The summed E-state index contributed by atoms with van der Waals surface area (Å²) in [6.45, 7) is 3.35. The Balaban J connectivity index is 2.59. The van der Waals surface area contributed by atoms with E-state index >= 15 is 0 Å². The van der Waals surface area contributed by atoms with Crippen LogP contribution in [0.3, 0.4) is 0 Å². The summed E-state index contributed by atoms with van der Waals surface area (Å²) in [6.07, 6.45) is 7.02. The molecule has 0 aliphatic heterocycles. The van der Waals surface area contributed by atoms with E-state index in [2.05, 4.69) is 11.3 Å². The Morgan fingerprint density at radius 1 is 1.39 bits per heavy atom. The van der Waals surface area contributed by atoms with Gasteiger partial charge in [0.05, 0.1) is 5.75 Å². The van der Waals surface area contributed by atoms with E-state index < -0.39 is 22.0 Å². The van der Waals surface area contributed by atoms with Crippen LogP contribution in [0.2, 0.25) is 0 Å². The molecular formula is C12H21NO4S. The lowest BCUT2D eigenvalue weighted by Gasteiger charge is -2.24. The molecule has 0 saturated heterocycles.